The number of sulfone groups is 1. The summed E-state index contributed by atoms with van der Waals surface area (Å²) in [7, 11) is -2.90. The molecule has 1 aromatic heterocycles. The van der Waals surface area contributed by atoms with Crippen molar-refractivity contribution in [3.8, 4) is 0 Å². The van der Waals surface area contributed by atoms with E-state index in [1.807, 2.05) is 4.90 Å². The van der Waals surface area contributed by atoms with E-state index in [1.165, 1.54) is 0 Å². The van der Waals surface area contributed by atoms with Crippen molar-refractivity contribution in [2.24, 2.45) is 0 Å². The third-order valence-corrected chi connectivity index (χ3v) is 4.77. The number of rotatable bonds is 4. The summed E-state index contributed by atoms with van der Waals surface area (Å²) < 4.78 is 28.5. The molecular weight excluding hydrogens is 266 g/mol. The van der Waals surface area contributed by atoms with Crippen LogP contribution >= 0.6 is 0 Å². The van der Waals surface area contributed by atoms with Gasteiger partial charge in [0.25, 0.3) is 6.01 Å². The SMILES string of the molecule is CC(C)NCc1coc(N2CCCS(=O)(=O)CC2)n1. The predicted octanol–water partition coefficient (Wildman–Crippen LogP) is 0.797. The van der Waals surface area contributed by atoms with Gasteiger partial charge in [0.15, 0.2) is 9.84 Å². The number of aromatic nitrogens is 1. The van der Waals surface area contributed by atoms with Crippen LogP contribution in [0.3, 0.4) is 0 Å². The minimum absolute atomic E-state index is 0.176. The van der Waals surface area contributed by atoms with Gasteiger partial charge in [-0.15, -0.1) is 0 Å². The van der Waals surface area contributed by atoms with Gasteiger partial charge < -0.3 is 14.6 Å². The summed E-state index contributed by atoms with van der Waals surface area (Å²) in [5, 5.41) is 3.27. The van der Waals surface area contributed by atoms with Crippen LogP contribution in [0.2, 0.25) is 0 Å². The van der Waals surface area contributed by atoms with E-state index in [0.29, 0.717) is 38.1 Å². The zero-order chi connectivity index (χ0) is 13.9. The molecule has 0 radical (unpaired) electrons. The van der Waals surface area contributed by atoms with Gasteiger partial charge in [-0.2, -0.15) is 4.98 Å². The first kappa shape index (κ1) is 14.3. The molecule has 1 aromatic rings. The van der Waals surface area contributed by atoms with Crippen LogP contribution in [-0.4, -0.2) is 44.0 Å². The summed E-state index contributed by atoms with van der Waals surface area (Å²) in [6.45, 7) is 5.94. The van der Waals surface area contributed by atoms with Crippen LogP contribution in [0.25, 0.3) is 0 Å². The van der Waals surface area contributed by atoms with E-state index in [9.17, 15) is 8.42 Å². The predicted molar refractivity (Wildman–Crippen MR) is 74.0 cm³/mol. The van der Waals surface area contributed by atoms with Gasteiger partial charge in [-0.25, -0.2) is 8.42 Å². The molecule has 1 aliphatic heterocycles. The smallest absolute Gasteiger partial charge is 0.297 e. The van der Waals surface area contributed by atoms with Crippen molar-refractivity contribution >= 4 is 15.9 Å². The van der Waals surface area contributed by atoms with Gasteiger partial charge in [0.05, 0.1) is 17.2 Å². The third-order valence-electron chi connectivity index (χ3n) is 3.06. The third kappa shape index (κ3) is 4.21. The lowest BCUT2D eigenvalue weighted by molar-refractivity contribution is 0.533. The highest BCUT2D eigenvalue weighted by atomic mass is 32.2. The second kappa shape index (κ2) is 5.92. The normalized spacial score (nSPS) is 19.6. The van der Waals surface area contributed by atoms with Crippen molar-refractivity contribution in [1.29, 1.82) is 0 Å². The minimum atomic E-state index is -2.90. The van der Waals surface area contributed by atoms with Crippen molar-refractivity contribution in [2.45, 2.75) is 32.9 Å². The van der Waals surface area contributed by atoms with Crippen LogP contribution in [0.5, 0.6) is 0 Å². The lowest BCUT2D eigenvalue weighted by Crippen LogP contribution is -2.27. The molecule has 108 valence electrons. The number of hydrogen-bond acceptors (Lipinski definition) is 6. The monoisotopic (exact) mass is 287 g/mol. The number of oxazole rings is 1. The largest absolute Gasteiger partial charge is 0.432 e. The number of nitrogens with zero attached hydrogens (tertiary/aromatic N) is 2. The molecule has 1 fully saturated rings. The van der Waals surface area contributed by atoms with E-state index in [0.717, 1.165) is 5.69 Å². The average Bonchev–Trinajstić information content (AvgIpc) is 2.72. The summed E-state index contributed by atoms with van der Waals surface area (Å²) in [6, 6.07) is 0.918. The molecule has 0 aliphatic carbocycles. The maximum atomic E-state index is 11.5. The highest BCUT2D eigenvalue weighted by Gasteiger charge is 2.22. The Kier molecular flexibility index (Phi) is 4.46. The first-order chi connectivity index (χ1) is 8.96. The van der Waals surface area contributed by atoms with E-state index >= 15 is 0 Å². The molecule has 0 unspecified atom stereocenters. The Balaban J connectivity index is 1.98. The topological polar surface area (TPSA) is 75.4 Å². The van der Waals surface area contributed by atoms with Crippen LogP contribution < -0.4 is 10.2 Å². The van der Waals surface area contributed by atoms with E-state index in [-0.39, 0.29) is 11.5 Å². The molecule has 1 N–H and O–H groups in total. The lowest BCUT2D eigenvalue weighted by atomic mass is 10.4. The molecule has 0 spiro atoms. The Labute approximate surface area is 114 Å². The van der Waals surface area contributed by atoms with Crippen LogP contribution in [0.4, 0.5) is 6.01 Å². The van der Waals surface area contributed by atoms with Gasteiger partial charge in [-0.05, 0) is 6.42 Å². The summed E-state index contributed by atoms with van der Waals surface area (Å²) in [4.78, 5) is 6.30. The van der Waals surface area contributed by atoms with Crippen molar-refractivity contribution in [3.05, 3.63) is 12.0 Å². The Morgan fingerprint density at radius 3 is 2.95 bits per heavy atom. The second-order valence-corrected chi connectivity index (χ2v) is 7.45. The second-order valence-electron chi connectivity index (χ2n) is 5.15. The highest BCUT2D eigenvalue weighted by molar-refractivity contribution is 7.91. The number of hydrogen-bond donors (Lipinski definition) is 1. The van der Waals surface area contributed by atoms with Crippen molar-refractivity contribution < 1.29 is 12.8 Å². The first-order valence-corrected chi connectivity index (χ1v) is 8.41. The van der Waals surface area contributed by atoms with Gasteiger partial charge in [0.2, 0.25) is 0 Å². The summed E-state index contributed by atoms with van der Waals surface area (Å²) in [5.41, 5.74) is 0.843. The van der Waals surface area contributed by atoms with E-state index in [2.05, 4.69) is 24.1 Å². The molecule has 0 bridgehead atoms. The molecule has 0 aromatic carbocycles. The molecule has 0 atom stereocenters. The summed E-state index contributed by atoms with van der Waals surface area (Å²) >= 11 is 0. The number of nitrogens with one attached hydrogen (secondary N) is 1. The zero-order valence-corrected chi connectivity index (χ0v) is 12.2. The fourth-order valence-corrected chi connectivity index (χ4v) is 3.23. The molecule has 2 heterocycles. The van der Waals surface area contributed by atoms with E-state index in [4.69, 9.17) is 4.42 Å². The Morgan fingerprint density at radius 2 is 2.21 bits per heavy atom. The van der Waals surface area contributed by atoms with Gasteiger partial charge in [-0.1, -0.05) is 13.8 Å². The highest BCUT2D eigenvalue weighted by Crippen LogP contribution is 2.16. The summed E-state index contributed by atoms with van der Waals surface area (Å²) in [5.74, 6) is 0.431. The van der Waals surface area contributed by atoms with Gasteiger partial charge in [0, 0.05) is 25.7 Å². The molecule has 6 nitrogen and oxygen atoms in total. The first-order valence-electron chi connectivity index (χ1n) is 6.59. The Morgan fingerprint density at radius 1 is 1.42 bits per heavy atom. The van der Waals surface area contributed by atoms with Crippen LogP contribution in [0, 0.1) is 0 Å². The molecule has 1 aliphatic rings. The average molecular weight is 287 g/mol. The van der Waals surface area contributed by atoms with Crippen molar-refractivity contribution in [2.75, 3.05) is 29.5 Å². The van der Waals surface area contributed by atoms with Crippen molar-refractivity contribution in [1.82, 2.24) is 10.3 Å². The van der Waals surface area contributed by atoms with Crippen LogP contribution in [0.1, 0.15) is 26.0 Å². The van der Waals surface area contributed by atoms with Gasteiger partial charge in [0.1, 0.15) is 6.26 Å². The van der Waals surface area contributed by atoms with Crippen LogP contribution in [0.15, 0.2) is 10.7 Å². The van der Waals surface area contributed by atoms with Gasteiger partial charge in [-0.3, -0.25) is 0 Å². The molecule has 2 rings (SSSR count). The maximum Gasteiger partial charge on any atom is 0.297 e. The molecular formula is C12H21N3O3S. The summed E-state index contributed by atoms with van der Waals surface area (Å²) in [6.07, 6.45) is 2.26. The molecule has 0 saturated carbocycles. The quantitative estimate of drug-likeness (QED) is 0.882. The molecule has 19 heavy (non-hydrogen) atoms. The van der Waals surface area contributed by atoms with Crippen molar-refractivity contribution in [3.63, 3.8) is 0 Å². The van der Waals surface area contributed by atoms with Gasteiger partial charge >= 0.3 is 0 Å². The standard InChI is InChI=1S/C12H21N3O3S/c1-10(2)13-8-11-9-18-12(14-11)15-4-3-6-19(16,17)7-5-15/h9-10,13H,3-8H2,1-2H3. The zero-order valence-electron chi connectivity index (χ0n) is 11.4. The Bertz CT molecular complexity index is 510. The minimum Gasteiger partial charge on any atom is -0.432 e. The molecule has 1 saturated heterocycles. The lowest BCUT2D eigenvalue weighted by Gasteiger charge is -2.16. The van der Waals surface area contributed by atoms with E-state index < -0.39 is 9.84 Å². The fourth-order valence-electron chi connectivity index (χ4n) is 1.96. The number of anilines is 1. The van der Waals surface area contributed by atoms with Crippen LogP contribution in [-0.2, 0) is 16.4 Å². The maximum absolute atomic E-state index is 11.5. The van der Waals surface area contributed by atoms with E-state index in [1.54, 1.807) is 6.26 Å². The fraction of sp³-hybridized carbons (Fsp3) is 0.750. The molecule has 7 heteroatoms. The molecule has 0 amide bonds. The Hall–Kier alpha value is -1.08.